The summed E-state index contributed by atoms with van der Waals surface area (Å²) in [5, 5.41) is 18.7. The molecule has 6 heteroatoms. The number of hydrogen-bond donors (Lipinski definition) is 2. The highest BCUT2D eigenvalue weighted by Gasteiger charge is 2.43. The molecular weight excluding hydrogens is 291 g/mol. The highest BCUT2D eigenvalue weighted by atomic mass is 127. The van der Waals surface area contributed by atoms with Gasteiger partial charge in [0, 0.05) is 11.4 Å². The molecule has 0 aromatic carbocycles. The third-order valence-corrected chi connectivity index (χ3v) is 2.62. The molecule has 13 heavy (non-hydrogen) atoms. The Bertz CT molecular complexity index is 197. The standard InChI is InChI=1S/C7H11IO5/c1-3(9)12-7-6(11)5(10)4(2-8)13-7/h4-7,10-11H,2H2,1H3/t4-,5-,6-,7+/m1/s1. The van der Waals surface area contributed by atoms with Crippen LogP contribution in [0.15, 0.2) is 0 Å². The van der Waals surface area contributed by atoms with Crippen LogP contribution in [0.2, 0.25) is 0 Å². The van der Waals surface area contributed by atoms with Gasteiger partial charge in [-0.3, -0.25) is 4.79 Å². The van der Waals surface area contributed by atoms with Crippen molar-refractivity contribution in [3.63, 3.8) is 0 Å². The van der Waals surface area contributed by atoms with Gasteiger partial charge in [0.05, 0.1) is 6.10 Å². The van der Waals surface area contributed by atoms with E-state index < -0.39 is 30.6 Å². The molecule has 1 saturated heterocycles. The molecule has 1 rings (SSSR count). The Hall–Kier alpha value is 0.0800. The summed E-state index contributed by atoms with van der Waals surface area (Å²) in [7, 11) is 0. The minimum atomic E-state index is -1.15. The number of rotatable bonds is 2. The van der Waals surface area contributed by atoms with Gasteiger partial charge in [-0.05, 0) is 0 Å². The van der Waals surface area contributed by atoms with E-state index in [0.717, 1.165) is 0 Å². The molecule has 0 aliphatic carbocycles. The van der Waals surface area contributed by atoms with Crippen LogP contribution in [0.5, 0.6) is 0 Å². The molecule has 0 unspecified atom stereocenters. The molecule has 76 valence electrons. The van der Waals surface area contributed by atoms with Crippen LogP contribution in [0.25, 0.3) is 0 Å². The van der Waals surface area contributed by atoms with Crippen molar-refractivity contribution < 1.29 is 24.5 Å². The molecular formula is C7H11IO5. The third-order valence-electron chi connectivity index (χ3n) is 1.75. The highest BCUT2D eigenvalue weighted by Crippen LogP contribution is 2.23. The van der Waals surface area contributed by atoms with E-state index in [4.69, 9.17) is 4.74 Å². The zero-order valence-corrected chi connectivity index (χ0v) is 9.17. The largest absolute Gasteiger partial charge is 0.433 e. The van der Waals surface area contributed by atoms with E-state index in [9.17, 15) is 15.0 Å². The lowest BCUT2D eigenvalue weighted by Gasteiger charge is -2.13. The fourth-order valence-corrected chi connectivity index (χ4v) is 1.83. The molecule has 0 saturated carbocycles. The summed E-state index contributed by atoms with van der Waals surface area (Å²) in [6, 6.07) is 0. The SMILES string of the molecule is CC(=O)O[C@H]1O[C@H](CI)[C@@H](O)[C@H]1O. The number of aliphatic hydroxyl groups is 2. The number of alkyl halides is 1. The normalized spacial score (nSPS) is 39.1. The molecule has 0 radical (unpaired) electrons. The third kappa shape index (κ3) is 2.52. The summed E-state index contributed by atoms with van der Waals surface area (Å²) in [5.74, 6) is -0.537. The minimum Gasteiger partial charge on any atom is -0.433 e. The number of halogens is 1. The maximum atomic E-state index is 10.6. The summed E-state index contributed by atoms with van der Waals surface area (Å²) in [6.07, 6.45) is -3.64. The maximum absolute atomic E-state index is 10.6. The van der Waals surface area contributed by atoms with Crippen LogP contribution in [0.4, 0.5) is 0 Å². The number of carbonyl (C=O) groups excluding carboxylic acids is 1. The monoisotopic (exact) mass is 302 g/mol. The molecule has 1 heterocycles. The van der Waals surface area contributed by atoms with Crippen molar-refractivity contribution in [2.75, 3.05) is 4.43 Å². The first kappa shape index (κ1) is 11.2. The summed E-state index contributed by atoms with van der Waals surface area (Å²) >= 11 is 2.02. The van der Waals surface area contributed by atoms with Gasteiger partial charge in [-0.15, -0.1) is 0 Å². The van der Waals surface area contributed by atoms with Crippen LogP contribution in [0, 0.1) is 0 Å². The Kier molecular flexibility index (Phi) is 3.89. The smallest absolute Gasteiger partial charge is 0.305 e. The van der Waals surface area contributed by atoms with Crippen LogP contribution < -0.4 is 0 Å². The quantitative estimate of drug-likeness (QED) is 0.406. The van der Waals surface area contributed by atoms with Crippen molar-refractivity contribution >= 4 is 28.6 Å². The molecule has 0 bridgehead atoms. The molecule has 0 aromatic rings. The fourth-order valence-electron chi connectivity index (χ4n) is 1.10. The molecule has 0 spiro atoms. The van der Waals surface area contributed by atoms with Crippen molar-refractivity contribution in [3.05, 3.63) is 0 Å². The predicted octanol–water partition coefficient (Wildman–Crippen LogP) is -0.569. The van der Waals surface area contributed by atoms with Crippen LogP contribution in [-0.4, -0.2) is 45.2 Å². The van der Waals surface area contributed by atoms with Crippen molar-refractivity contribution in [2.45, 2.75) is 31.5 Å². The highest BCUT2D eigenvalue weighted by molar-refractivity contribution is 14.1. The van der Waals surface area contributed by atoms with Crippen LogP contribution in [0.1, 0.15) is 6.92 Å². The van der Waals surface area contributed by atoms with Gasteiger partial charge in [0.2, 0.25) is 6.29 Å². The van der Waals surface area contributed by atoms with Crippen molar-refractivity contribution in [1.29, 1.82) is 0 Å². The Morgan fingerprint density at radius 2 is 2.15 bits per heavy atom. The number of ether oxygens (including phenoxy) is 2. The van der Waals surface area contributed by atoms with Gasteiger partial charge in [-0.25, -0.2) is 0 Å². The molecule has 5 nitrogen and oxygen atoms in total. The van der Waals surface area contributed by atoms with Gasteiger partial charge in [-0.2, -0.15) is 0 Å². The van der Waals surface area contributed by atoms with E-state index in [-0.39, 0.29) is 0 Å². The summed E-state index contributed by atoms with van der Waals surface area (Å²) in [5.41, 5.74) is 0. The van der Waals surface area contributed by atoms with E-state index in [1.807, 2.05) is 22.6 Å². The van der Waals surface area contributed by atoms with Gasteiger partial charge >= 0.3 is 5.97 Å². The zero-order chi connectivity index (χ0) is 10.0. The molecule has 0 aromatic heterocycles. The van der Waals surface area contributed by atoms with Gasteiger partial charge in [-0.1, -0.05) is 22.6 Å². The fraction of sp³-hybridized carbons (Fsp3) is 0.857. The lowest BCUT2D eigenvalue weighted by Crippen LogP contribution is -2.34. The second kappa shape index (κ2) is 4.54. The molecule has 1 aliphatic heterocycles. The lowest BCUT2D eigenvalue weighted by atomic mass is 10.2. The molecule has 4 atom stereocenters. The number of carbonyl (C=O) groups is 1. The van der Waals surface area contributed by atoms with E-state index >= 15 is 0 Å². The van der Waals surface area contributed by atoms with E-state index in [1.165, 1.54) is 6.92 Å². The summed E-state index contributed by atoms with van der Waals surface area (Å²) in [4.78, 5) is 10.6. The summed E-state index contributed by atoms with van der Waals surface area (Å²) in [6.45, 7) is 1.22. The predicted molar refractivity (Wildman–Crippen MR) is 51.3 cm³/mol. The van der Waals surface area contributed by atoms with E-state index in [2.05, 4.69) is 4.74 Å². The van der Waals surface area contributed by atoms with Gasteiger partial charge in [0.15, 0.2) is 0 Å². The number of aliphatic hydroxyl groups excluding tert-OH is 2. The first-order valence-corrected chi connectivity index (χ1v) is 5.33. The minimum absolute atomic E-state index is 0.472. The molecule has 1 aliphatic rings. The number of hydrogen-bond acceptors (Lipinski definition) is 5. The Morgan fingerprint density at radius 1 is 1.54 bits per heavy atom. The second-order valence-electron chi connectivity index (χ2n) is 2.79. The Morgan fingerprint density at radius 3 is 2.54 bits per heavy atom. The molecule has 1 fully saturated rings. The van der Waals surface area contributed by atoms with Gasteiger partial charge < -0.3 is 19.7 Å². The van der Waals surface area contributed by atoms with Crippen molar-refractivity contribution in [3.8, 4) is 0 Å². The second-order valence-corrected chi connectivity index (χ2v) is 3.67. The van der Waals surface area contributed by atoms with Crippen molar-refractivity contribution in [1.82, 2.24) is 0 Å². The van der Waals surface area contributed by atoms with Gasteiger partial charge in [0.1, 0.15) is 12.2 Å². The Balaban J connectivity index is 2.55. The average Bonchev–Trinajstić information content (AvgIpc) is 2.32. The molecule has 0 amide bonds. The van der Waals surface area contributed by atoms with Gasteiger partial charge in [0.25, 0.3) is 0 Å². The van der Waals surface area contributed by atoms with Crippen LogP contribution in [-0.2, 0) is 14.3 Å². The van der Waals surface area contributed by atoms with Crippen LogP contribution >= 0.6 is 22.6 Å². The first-order chi connectivity index (χ1) is 6.06. The topological polar surface area (TPSA) is 76.0 Å². The van der Waals surface area contributed by atoms with Crippen molar-refractivity contribution in [2.24, 2.45) is 0 Å². The Labute approximate surface area is 89.2 Å². The first-order valence-electron chi connectivity index (χ1n) is 3.81. The summed E-state index contributed by atoms with van der Waals surface area (Å²) < 4.78 is 10.3. The maximum Gasteiger partial charge on any atom is 0.305 e. The average molecular weight is 302 g/mol. The van der Waals surface area contributed by atoms with Crippen LogP contribution in [0.3, 0.4) is 0 Å². The lowest BCUT2D eigenvalue weighted by molar-refractivity contribution is -0.184. The number of esters is 1. The molecule has 2 N–H and O–H groups in total. The zero-order valence-electron chi connectivity index (χ0n) is 7.01. The van der Waals surface area contributed by atoms with E-state index in [1.54, 1.807) is 0 Å². The van der Waals surface area contributed by atoms with E-state index in [0.29, 0.717) is 4.43 Å².